The van der Waals surface area contributed by atoms with Crippen molar-refractivity contribution >= 4 is 17.1 Å². The molecular weight excluding hydrogens is 198 g/mol. The van der Waals surface area contributed by atoms with E-state index in [-0.39, 0.29) is 5.78 Å². The van der Waals surface area contributed by atoms with Crippen LogP contribution in [0.15, 0.2) is 12.1 Å². The van der Waals surface area contributed by atoms with Gasteiger partial charge in [-0.2, -0.15) is 0 Å². The molecule has 14 heavy (non-hydrogen) atoms. The first kappa shape index (κ1) is 11.4. The van der Waals surface area contributed by atoms with E-state index in [1.54, 1.807) is 7.11 Å². The molecule has 0 saturated carbocycles. The topological polar surface area (TPSA) is 52.3 Å². The number of nitrogens with two attached hydrogens (primary N) is 1. The maximum absolute atomic E-state index is 11.7. The Morgan fingerprint density at radius 1 is 1.64 bits per heavy atom. The van der Waals surface area contributed by atoms with E-state index in [1.165, 1.54) is 11.3 Å². The fraction of sp³-hybridized carbons (Fsp3) is 0.500. The summed E-state index contributed by atoms with van der Waals surface area (Å²) in [5.41, 5.74) is 5.72. The number of ketones is 1. The van der Waals surface area contributed by atoms with E-state index in [0.717, 1.165) is 9.75 Å². The minimum Gasteiger partial charge on any atom is -0.385 e. The average Bonchev–Trinajstić information content (AvgIpc) is 2.60. The maximum atomic E-state index is 11.7. The summed E-state index contributed by atoms with van der Waals surface area (Å²) in [6, 6.07) is 3.32. The molecule has 1 aromatic rings. The largest absolute Gasteiger partial charge is 0.385 e. The summed E-state index contributed by atoms with van der Waals surface area (Å²) in [5.74, 6) is 0.0140. The first-order chi connectivity index (χ1) is 6.65. The minimum absolute atomic E-state index is 0.0140. The van der Waals surface area contributed by atoms with Gasteiger partial charge in [0, 0.05) is 18.6 Å². The molecule has 4 heteroatoms. The second-order valence-corrected chi connectivity index (χ2v) is 4.45. The Labute approximate surface area is 87.9 Å². The molecule has 1 aromatic heterocycles. The highest BCUT2D eigenvalue weighted by atomic mass is 32.1. The lowest BCUT2D eigenvalue weighted by Crippen LogP contribution is -2.31. The molecule has 0 aliphatic rings. The summed E-state index contributed by atoms with van der Waals surface area (Å²) in [6.45, 7) is 2.50. The van der Waals surface area contributed by atoms with Gasteiger partial charge >= 0.3 is 0 Å². The molecule has 0 bridgehead atoms. The van der Waals surface area contributed by atoms with Crippen LogP contribution in [0.3, 0.4) is 0 Å². The van der Waals surface area contributed by atoms with Gasteiger partial charge < -0.3 is 10.5 Å². The first-order valence-electron chi connectivity index (χ1n) is 4.50. The summed E-state index contributed by atoms with van der Waals surface area (Å²) in [4.78, 5) is 13.6. The molecule has 0 aliphatic carbocycles. The molecule has 78 valence electrons. The van der Waals surface area contributed by atoms with Crippen LogP contribution in [-0.4, -0.2) is 25.5 Å². The van der Waals surface area contributed by atoms with E-state index in [2.05, 4.69) is 0 Å². The maximum Gasteiger partial charge on any atom is 0.189 e. The Kier molecular flexibility index (Phi) is 4.25. The lowest BCUT2D eigenvalue weighted by molar-refractivity contribution is 0.0939. The predicted octanol–water partition coefficient (Wildman–Crippen LogP) is 1.60. The molecule has 2 N–H and O–H groups in total. The third kappa shape index (κ3) is 2.90. The molecule has 0 radical (unpaired) electrons. The Hall–Kier alpha value is -0.710. The number of hydrogen-bond acceptors (Lipinski definition) is 4. The van der Waals surface area contributed by atoms with Crippen LogP contribution in [0.1, 0.15) is 21.0 Å². The summed E-state index contributed by atoms with van der Waals surface area (Å²) in [6.07, 6.45) is 0.576. The quantitative estimate of drug-likeness (QED) is 0.756. The van der Waals surface area contributed by atoms with Crippen molar-refractivity contribution in [2.45, 2.75) is 19.4 Å². The number of rotatable bonds is 5. The van der Waals surface area contributed by atoms with Crippen molar-refractivity contribution in [3.05, 3.63) is 21.9 Å². The van der Waals surface area contributed by atoms with Crippen molar-refractivity contribution in [2.75, 3.05) is 13.7 Å². The SMILES string of the molecule is COCCC(N)C(=O)c1ccc(C)s1. The molecule has 1 heterocycles. The molecule has 0 saturated heterocycles. The fourth-order valence-corrected chi connectivity index (χ4v) is 2.00. The Balaban J connectivity index is 2.56. The second kappa shape index (κ2) is 5.24. The molecule has 0 amide bonds. The number of hydrogen-bond donors (Lipinski definition) is 1. The van der Waals surface area contributed by atoms with Crippen LogP contribution in [-0.2, 0) is 4.74 Å². The van der Waals surface area contributed by atoms with Crippen molar-refractivity contribution in [3.63, 3.8) is 0 Å². The van der Waals surface area contributed by atoms with E-state index in [0.29, 0.717) is 13.0 Å². The van der Waals surface area contributed by atoms with Gasteiger partial charge in [0.15, 0.2) is 5.78 Å². The highest BCUT2D eigenvalue weighted by Gasteiger charge is 2.16. The molecule has 0 aliphatic heterocycles. The number of ether oxygens (including phenoxy) is 1. The van der Waals surface area contributed by atoms with Crippen molar-refractivity contribution in [3.8, 4) is 0 Å². The highest BCUT2D eigenvalue weighted by Crippen LogP contribution is 2.17. The van der Waals surface area contributed by atoms with Gasteiger partial charge in [-0.1, -0.05) is 0 Å². The van der Waals surface area contributed by atoms with E-state index in [9.17, 15) is 4.79 Å². The molecule has 0 spiro atoms. The summed E-state index contributed by atoms with van der Waals surface area (Å²) in [5, 5.41) is 0. The lowest BCUT2D eigenvalue weighted by atomic mass is 10.1. The molecular formula is C10H15NO2S. The molecule has 0 fully saturated rings. The summed E-state index contributed by atoms with van der Waals surface area (Å²) < 4.78 is 4.87. The van der Waals surface area contributed by atoms with Crippen LogP contribution < -0.4 is 5.73 Å². The number of carbonyl (C=O) groups is 1. The number of carbonyl (C=O) groups excluding carboxylic acids is 1. The van der Waals surface area contributed by atoms with Crippen LogP contribution >= 0.6 is 11.3 Å². The van der Waals surface area contributed by atoms with E-state index in [1.807, 2.05) is 19.1 Å². The molecule has 1 unspecified atom stereocenters. The molecule has 0 aromatic carbocycles. The Morgan fingerprint density at radius 2 is 2.36 bits per heavy atom. The number of Topliss-reactive ketones (excluding diaryl/α,β-unsaturated/α-hetero) is 1. The zero-order valence-corrected chi connectivity index (χ0v) is 9.26. The van der Waals surface area contributed by atoms with Crippen LogP contribution in [0, 0.1) is 6.92 Å². The van der Waals surface area contributed by atoms with Gasteiger partial charge in [0.05, 0.1) is 10.9 Å². The number of methoxy groups -OCH3 is 1. The van der Waals surface area contributed by atoms with Crippen LogP contribution in [0.2, 0.25) is 0 Å². The minimum atomic E-state index is -0.437. The zero-order valence-electron chi connectivity index (χ0n) is 8.45. The van der Waals surface area contributed by atoms with Crippen LogP contribution in [0.4, 0.5) is 0 Å². The van der Waals surface area contributed by atoms with Gasteiger partial charge in [-0.25, -0.2) is 0 Å². The van der Waals surface area contributed by atoms with Gasteiger partial charge in [-0.15, -0.1) is 11.3 Å². The first-order valence-corrected chi connectivity index (χ1v) is 5.32. The normalized spacial score (nSPS) is 12.8. The van der Waals surface area contributed by atoms with Gasteiger partial charge in [0.1, 0.15) is 0 Å². The van der Waals surface area contributed by atoms with Crippen molar-refractivity contribution in [2.24, 2.45) is 5.73 Å². The summed E-state index contributed by atoms with van der Waals surface area (Å²) >= 11 is 1.49. The molecule has 1 rings (SSSR count). The number of thiophene rings is 1. The lowest BCUT2D eigenvalue weighted by Gasteiger charge is -2.07. The third-order valence-corrected chi connectivity index (χ3v) is 2.97. The smallest absolute Gasteiger partial charge is 0.189 e. The van der Waals surface area contributed by atoms with Crippen molar-refractivity contribution in [1.29, 1.82) is 0 Å². The van der Waals surface area contributed by atoms with Gasteiger partial charge in [-0.05, 0) is 25.5 Å². The van der Waals surface area contributed by atoms with Gasteiger partial charge in [0.2, 0.25) is 0 Å². The standard InChI is InChI=1S/C10H15NO2S/c1-7-3-4-9(14-7)10(12)8(11)5-6-13-2/h3-4,8H,5-6,11H2,1-2H3. The zero-order chi connectivity index (χ0) is 10.6. The van der Waals surface area contributed by atoms with Crippen LogP contribution in [0.5, 0.6) is 0 Å². The van der Waals surface area contributed by atoms with E-state index >= 15 is 0 Å². The number of aryl methyl sites for hydroxylation is 1. The van der Waals surface area contributed by atoms with E-state index in [4.69, 9.17) is 10.5 Å². The molecule has 3 nitrogen and oxygen atoms in total. The van der Waals surface area contributed by atoms with Gasteiger partial charge in [0.25, 0.3) is 0 Å². The van der Waals surface area contributed by atoms with Crippen LogP contribution in [0.25, 0.3) is 0 Å². The Bertz CT molecular complexity index is 309. The predicted molar refractivity (Wildman–Crippen MR) is 57.9 cm³/mol. The Morgan fingerprint density at radius 3 is 2.86 bits per heavy atom. The van der Waals surface area contributed by atoms with Crippen molar-refractivity contribution < 1.29 is 9.53 Å². The van der Waals surface area contributed by atoms with Crippen molar-refractivity contribution in [1.82, 2.24) is 0 Å². The third-order valence-electron chi connectivity index (χ3n) is 1.95. The monoisotopic (exact) mass is 213 g/mol. The summed E-state index contributed by atoms with van der Waals surface area (Å²) in [7, 11) is 1.60. The van der Waals surface area contributed by atoms with E-state index < -0.39 is 6.04 Å². The fourth-order valence-electron chi connectivity index (χ4n) is 1.13. The highest BCUT2D eigenvalue weighted by molar-refractivity contribution is 7.14. The second-order valence-electron chi connectivity index (χ2n) is 3.16. The average molecular weight is 213 g/mol. The van der Waals surface area contributed by atoms with Gasteiger partial charge in [-0.3, -0.25) is 4.79 Å². The molecule has 1 atom stereocenters.